The summed E-state index contributed by atoms with van der Waals surface area (Å²) in [6.07, 6.45) is 4.31. The molecule has 0 radical (unpaired) electrons. The molecule has 0 bridgehead atoms. The number of anilines is 2. The van der Waals surface area contributed by atoms with E-state index in [-0.39, 0.29) is 6.10 Å². The molecule has 3 aromatic rings. The lowest BCUT2D eigenvalue weighted by Gasteiger charge is -2.24. The number of nitrogens with one attached hydrogen (secondary N) is 2. The maximum atomic E-state index is 6.34. The number of nitrogens with zero attached hydrogens (tertiary/aromatic N) is 1. The first kappa shape index (κ1) is 17.5. The van der Waals surface area contributed by atoms with Crippen LogP contribution in [0, 0.1) is 10.5 Å². The van der Waals surface area contributed by atoms with Crippen LogP contribution in [0.25, 0.3) is 10.9 Å². The number of rotatable bonds is 4. The van der Waals surface area contributed by atoms with E-state index < -0.39 is 0 Å². The van der Waals surface area contributed by atoms with Crippen LogP contribution in [0.2, 0.25) is 0 Å². The van der Waals surface area contributed by atoms with Crippen molar-refractivity contribution >= 4 is 44.9 Å². The number of pyridine rings is 1. The SMILES string of the molecule is Cc1cnc2cc(I)c(OC3CCNCC3)cc2c1Nc1ccccc1. The monoisotopic (exact) mass is 459 g/mol. The highest BCUT2D eigenvalue weighted by Gasteiger charge is 2.17. The number of para-hydroxylation sites is 1. The molecule has 1 fully saturated rings. The maximum Gasteiger partial charge on any atom is 0.133 e. The molecular formula is C21H22IN3O. The van der Waals surface area contributed by atoms with E-state index in [1.165, 1.54) is 0 Å². The fourth-order valence-corrected chi connectivity index (χ4v) is 3.89. The largest absolute Gasteiger partial charge is 0.489 e. The highest BCUT2D eigenvalue weighted by Crippen LogP contribution is 2.34. The number of halogens is 1. The average Bonchev–Trinajstić information content (AvgIpc) is 2.67. The van der Waals surface area contributed by atoms with Crippen LogP contribution in [-0.2, 0) is 0 Å². The van der Waals surface area contributed by atoms with Gasteiger partial charge in [-0.05, 0) is 85.3 Å². The Morgan fingerprint density at radius 2 is 1.92 bits per heavy atom. The minimum Gasteiger partial charge on any atom is -0.489 e. The van der Waals surface area contributed by atoms with Gasteiger partial charge < -0.3 is 15.4 Å². The number of fused-ring (bicyclic) bond motifs is 1. The zero-order valence-corrected chi connectivity index (χ0v) is 16.9. The van der Waals surface area contributed by atoms with E-state index in [4.69, 9.17) is 4.74 Å². The third-order valence-electron chi connectivity index (χ3n) is 4.73. The van der Waals surface area contributed by atoms with Gasteiger partial charge >= 0.3 is 0 Å². The second-order valence-corrected chi connectivity index (χ2v) is 7.84. The third-order valence-corrected chi connectivity index (χ3v) is 5.58. The lowest BCUT2D eigenvalue weighted by Crippen LogP contribution is -2.34. The summed E-state index contributed by atoms with van der Waals surface area (Å²) in [7, 11) is 0. The van der Waals surface area contributed by atoms with Crippen LogP contribution >= 0.6 is 22.6 Å². The quantitative estimate of drug-likeness (QED) is 0.538. The molecule has 5 heteroatoms. The second kappa shape index (κ2) is 7.80. The zero-order chi connectivity index (χ0) is 17.9. The summed E-state index contributed by atoms with van der Waals surface area (Å²) >= 11 is 2.35. The van der Waals surface area contributed by atoms with E-state index >= 15 is 0 Å². The fraction of sp³-hybridized carbons (Fsp3) is 0.286. The van der Waals surface area contributed by atoms with E-state index in [1.54, 1.807) is 0 Å². The summed E-state index contributed by atoms with van der Waals surface area (Å²) in [5, 5.41) is 8.04. The Morgan fingerprint density at radius 1 is 1.15 bits per heavy atom. The van der Waals surface area contributed by atoms with Crippen LogP contribution in [0.3, 0.4) is 0 Å². The van der Waals surface area contributed by atoms with Gasteiger partial charge in [0.05, 0.1) is 14.8 Å². The smallest absolute Gasteiger partial charge is 0.133 e. The number of aromatic nitrogens is 1. The summed E-state index contributed by atoms with van der Waals surface area (Å²) in [4.78, 5) is 4.62. The Morgan fingerprint density at radius 3 is 2.69 bits per heavy atom. The molecule has 0 saturated carbocycles. The molecule has 2 N–H and O–H groups in total. The molecule has 1 aromatic heterocycles. The van der Waals surface area contributed by atoms with Crippen LogP contribution in [0.5, 0.6) is 5.75 Å². The molecule has 0 aliphatic carbocycles. The van der Waals surface area contributed by atoms with Crippen LogP contribution in [0.1, 0.15) is 18.4 Å². The number of ether oxygens (including phenoxy) is 1. The van der Waals surface area contributed by atoms with Crippen LogP contribution < -0.4 is 15.4 Å². The molecule has 4 rings (SSSR count). The first-order valence-corrected chi connectivity index (χ1v) is 10.1. The minimum atomic E-state index is 0.283. The van der Waals surface area contributed by atoms with Crippen molar-refractivity contribution in [1.82, 2.24) is 10.3 Å². The van der Waals surface area contributed by atoms with E-state index in [0.29, 0.717) is 0 Å². The minimum absolute atomic E-state index is 0.283. The molecule has 1 saturated heterocycles. The summed E-state index contributed by atoms with van der Waals surface area (Å²) in [6, 6.07) is 14.5. The normalized spacial score (nSPS) is 15.2. The molecule has 0 atom stereocenters. The lowest BCUT2D eigenvalue weighted by molar-refractivity contribution is 0.161. The number of hydrogen-bond acceptors (Lipinski definition) is 4. The Balaban J connectivity index is 1.73. The van der Waals surface area contributed by atoms with Crippen molar-refractivity contribution in [2.45, 2.75) is 25.9 Å². The van der Waals surface area contributed by atoms with Crippen molar-refractivity contribution in [3.8, 4) is 5.75 Å². The molecule has 0 spiro atoms. The molecule has 2 aromatic carbocycles. The van der Waals surface area contributed by atoms with Crippen molar-refractivity contribution in [2.24, 2.45) is 0 Å². The van der Waals surface area contributed by atoms with Crippen molar-refractivity contribution in [3.05, 3.63) is 57.8 Å². The molecule has 26 heavy (non-hydrogen) atoms. The average molecular weight is 459 g/mol. The van der Waals surface area contributed by atoms with E-state index in [9.17, 15) is 0 Å². The van der Waals surface area contributed by atoms with Gasteiger partial charge in [0.25, 0.3) is 0 Å². The van der Waals surface area contributed by atoms with E-state index in [2.05, 4.69) is 69.4 Å². The fourth-order valence-electron chi connectivity index (χ4n) is 3.31. The Bertz CT molecular complexity index is 908. The van der Waals surface area contributed by atoms with Crippen LogP contribution in [0.15, 0.2) is 48.7 Å². The maximum absolute atomic E-state index is 6.34. The van der Waals surface area contributed by atoms with Crippen molar-refractivity contribution in [1.29, 1.82) is 0 Å². The van der Waals surface area contributed by atoms with E-state index in [0.717, 1.165) is 63.1 Å². The van der Waals surface area contributed by atoms with E-state index in [1.807, 2.05) is 24.4 Å². The first-order chi connectivity index (χ1) is 12.7. The molecule has 4 nitrogen and oxygen atoms in total. The standard InChI is InChI=1S/C21H22IN3O/c1-14-13-24-19-12-18(22)20(26-16-7-9-23-10-8-16)11-17(19)21(14)25-15-5-3-2-4-6-15/h2-6,11-13,16,23H,7-10H2,1H3,(H,24,25). The number of hydrogen-bond donors (Lipinski definition) is 2. The summed E-state index contributed by atoms with van der Waals surface area (Å²) in [5.41, 5.74) is 4.27. The highest BCUT2D eigenvalue weighted by molar-refractivity contribution is 14.1. The molecule has 1 aliphatic heterocycles. The first-order valence-electron chi connectivity index (χ1n) is 8.99. The van der Waals surface area contributed by atoms with Gasteiger partial charge in [-0.3, -0.25) is 4.98 Å². The van der Waals surface area contributed by atoms with Crippen LogP contribution in [0.4, 0.5) is 11.4 Å². The Labute approximate surface area is 167 Å². The predicted octanol–water partition coefficient (Wildman–Crippen LogP) is 5.02. The summed E-state index contributed by atoms with van der Waals surface area (Å²) in [5.74, 6) is 0.952. The molecule has 0 amide bonds. The van der Waals surface area contributed by atoms with Crippen molar-refractivity contribution in [3.63, 3.8) is 0 Å². The topological polar surface area (TPSA) is 46.2 Å². The molecule has 1 aliphatic rings. The van der Waals surface area contributed by atoms with Gasteiger partial charge in [-0.25, -0.2) is 0 Å². The Hall–Kier alpha value is -1.86. The predicted molar refractivity (Wildman–Crippen MR) is 115 cm³/mol. The van der Waals surface area contributed by atoms with Crippen LogP contribution in [-0.4, -0.2) is 24.2 Å². The van der Waals surface area contributed by atoms with Gasteiger partial charge in [0, 0.05) is 17.3 Å². The lowest BCUT2D eigenvalue weighted by atomic mass is 10.1. The van der Waals surface area contributed by atoms with Gasteiger partial charge in [-0.15, -0.1) is 0 Å². The van der Waals surface area contributed by atoms with Gasteiger partial charge in [-0.1, -0.05) is 18.2 Å². The summed E-state index contributed by atoms with van der Waals surface area (Å²) < 4.78 is 7.44. The second-order valence-electron chi connectivity index (χ2n) is 6.67. The van der Waals surface area contributed by atoms with Gasteiger partial charge in [0.2, 0.25) is 0 Å². The summed E-state index contributed by atoms with van der Waals surface area (Å²) in [6.45, 7) is 4.13. The molecule has 0 unspecified atom stereocenters. The molecule has 134 valence electrons. The molecule has 2 heterocycles. The molecular weight excluding hydrogens is 437 g/mol. The van der Waals surface area contributed by atoms with Crippen molar-refractivity contribution in [2.75, 3.05) is 18.4 Å². The highest BCUT2D eigenvalue weighted by atomic mass is 127. The number of aryl methyl sites for hydroxylation is 1. The number of benzene rings is 2. The van der Waals surface area contributed by atoms with Gasteiger partial charge in [-0.2, -0.15) is 0 Å². The van der Waals surface area contributed by atoms with Gasteiger partial charge in [0.1, 0.15) is 11.9 Å². The zero-order valence-electron chi connectivity index (χ0n) is 14.8. The third kappa shape index (κ3) is 3.78. The van der Waals surface area contributed by atoms with Crippen molar-refractivity contribution < 1.29 is 4.74 Å². The van der Waals surface area contributed by atoms with Gasteiger partial charge in [0.15, 0.2) is 0 Å². The number of piperidine rings is 1. The Kier molecular flexibility index (Phi) is 5.26.